The number of carboxylic acids is 1. The molecule has 0 radical (unpaired) electrons. The molecule has 0 unspecified atom stereocenters. The third kappa shape index (κ3) is 1.53. The first kappa shape index (κ1) is 8.95. The highest BCUT2D eigenvalue weighted by Gasteiger charge is 2.07. The predicted molar refractivity (Wildman–Crippen MR) is 49.4 cm³/mol. The third-order valence-corrected chi connectivity index (χ3v) is 1.94. The molecule has 0 amide bonds. The monoisotopic (exact) mass is 210 g/mol. The van der Waals surface area contributed by atoms with Crippen molar-refractivity contribution in [1.82, 2.24) is 19.6 Å². The molecule has 6 nitrogen and oxygen atoms in total. The largest absolute Gasteiger partial charge is 0.481 e. The SMILES string of the molecule is O=C(O)Cc1cc(S)n2ncnc2n1. The number of thiol groups is 1. The lowest BCUT2D eigenvalue weighted by molar-refractivity contribution is -0.136. The lowest BCUT2D eigenvalue weighted by Crippen LogP contribution is -2.05. The number of aliphatic carboxylic acids is 1. The number of aromatic nitrogens is 4. The third-order valence-electron chi connectivity index (χ3n) is 1.62. The van der Waals surface area contributed by atoms with Crippen molar-refractivity contribution < 1.29 is 9.90 Å². The molecule has 0 fully saturated rings. The summed E-state index contributed by atoms with van der Waals surface area (Å²) in [5.74, 6) is -0.581. The molecule has 7 heteroatoms. The topological polar surface area (TPSA) is 80.4 Å². The molecule has 2 rings (SSSR count). The number of hydrogen-bond donors (Lipinski definition) is 2. The lowest BCUT2D eigenvalue weighted by Gasteiger charge is -1.99. The molecular formula is C7H6N4O2S. The van der Waals surface area contributed by atoms with E-state index in [9.17, 15) is 4.79 Å². The second-order valence-electron chi connectivity index (χ2n) is 2.65. The molecule has 0 aliphatic carbocycles. The van der Waals surface area contributed by atoms with Gasteiger partial charge in [-0.25, -0.2) is 4.98 Å². The molecule has 0 aromatic carbocycles. The highest BCUT2D eigenvalue weighted by Crippen LogP contribution is 2.09. The van der Waals surface area contributed by atoms with Crippen LogP contribution >= 0.6 is 12.6 Å². The van der Waals surface area contributed by atoms with E-state index in [1.54, 1.807) is 6.07 Å². The highest BCUT2D eigenvalue weighted by atomic mass is 32.1. The van der Waals surface area contributed by atoms with E-state index >= 15 is 0 Å². The quantitative estimate of drug-likeness (QED) is 0.540. The second kappa shape index (κ2) is 3.26. The van der Waals surface area contributed by atoms with Crippen LogP contribution in [0.15, 0.2) is 17.4 Å². The Morgan fingerprint density at radius 2 is 2.43 bits per heavy atom. The van der Waals surface area contributed by atoms with Gasteiger partial charge in [0.1, 0.15) is 11.4 Å². The standard InChI is InChI=1S/C7H6N4O2S/c12-6(13)2-4-1-5(14)11-7(10-4)8-3-9-11/h1,3,14H,2H2,(H,12,13). The zero-order valence-electron chi connectivity index (χ0n) is 6.95. The summed E-state index contributed by atoms with van der Waals surface area (Å²) < 4.78 is 1.43. The summed E-state index contributed by atoms with van der Waals surface area (Å²) in [6, 6.07) is 1.55. The Labute approximate surface area is 84.0 Å². The van der Waals surface area contributed by atoms with E-state index in [-0.39, 0.29) is 6.42 Å². The normalized spacial score (nSPS) is 10.6. The van der Waals surface area contributed by atoms with Crippen LogP contribution in [0.2, 0.25) is 0 Å². The molecular weight excluding hydrogens is 204 g/mol. The van der Waals surface area contributed by atoms with E-state index in [2.05, 4.69) is 27.7 Å². The van der Waals surface area contributed by atoms with Gasteiger partial charge in [-0.15, -0.1) is 12.6 Å². The predicted octanol–water partition coefficient (Wildman–Crippen LogP) is 0.0401. The minimum absolute atomic E-state index is 0.142. The van der Waals surface area contributed by atoms with Crippen molar-refractivity contribution in [3.05, 3.63) is 18.1 Å². The molecule has 0 spiro atoms. The smallest absolute Gasteiger partial charge is 0.309 e. The first-order chi connectivity index (χ1) is 6.66. The Balaban J connectivity index is 2.53. The molecule has 0 atom stereocenters. The van der Waals surface area contributed by atoms with Gasteiger partial charge < -0.3 is 5.11 Å². The maximum Gasteiger partial charge on any atom is 0.309 e. The minimum atomic E-state index is -0.936. The van der Waals surface area contributed by atoms with Crippen LogP contribution < -0.4 is 0 Å². The summed E-state index contributed by atoms with van der Waals surface area (Å²) in [7, 11) is 0. The Morgan fingerprint density at radius 3 is 3.14 bits per heavy atom. The van der Waals surface area contributed by atoms with Gasteiger partial charge in [-0.2, -0.15) is 14.6 Å². The van der Waals surface area contributed by atoms with Gasteiger partial charge >= 0.3 is 5.97 Å². The van der Waals surface area contributed by atoms with Gasteiger partial charge in [0.05, 0.1) is 12.1 Å². The fraction of sp³-hybridized carbons (Fsp3) is 0.143. The average Bonchev–Trinajstić information content (AvgIpc) is 2.50. The number of carbonyl (C=O) groups is 1. The van der Waals surface area contributed by atoms with Crippen molar-refractivity contribution >= 4 is 24.4 Å². The Kier molecular flexibility index (Phi) is 2.08. The van der Waals surface area contributed by atoms with Crippen LogP contribution in [0.4, 0.5) is 0 Å². The molecule has 0 saturated heterocycles. The molecule has 0 saturated carbocycles. The van der Waals surface area contributed by atoms with Gasteiger partial charge in [0.25, 0.3) is 5.78 Å². The molecule has 1 N–H and O–H groups in total. The molecule has 0 bridgehead atoms. The molecule has 2 aromatic rings. The van der Waals surface area contributed by atoms with E-state index in [0.717, 1.165) is 0 Å². The van der Waals surface area contributed by atoms with Gasteiger partial charge in [-0.3, -0.25) is 4.79 Å². The first-order valence-corrected chi connectivity index (χ1v) is 4.22. The maximum absolute atomic E-state index is 10.4. The van der Waals surface area contributed by atoms with E-state index in [1.807, 2.05) is 0 Å². The first-order valence-electron chi connectivity index (χ1n) is 3.77. The fourth-order valence-corrected chi connectivity index (χ4v) is 1.38. The Morgan fingerprint density at radius 1 is 1.64 bits per heavy atom. The zero-order chi connectivity index (χ0) is 10.1. The average molecular weight is 210 g/mol. The number of nitrogens with zero attached hydrogens (tertiary/aromatic N) is 4. The summed E-state index contributed by atoms with van der Waals surface area (Å²) >= 11 is 4.14. The molecule has 14 heavy (non-hydrogen) atoms. The van der Waals surface area contributed by atoms with Crippen LogP contribution in [0.25, 0.3) is 5.78 Å². The number of fused-ring (bicyclic) bond motifs is 1. The molecule has 72 valence electrons. The van der Waals surface area contributed by atoms with Crippen molar-refractivity contribution in [2.24, 2.45) is 0 Å². The van der Waals surface area contributed by atoms with Gasteiger partial charge in [0.15, 0.2) is 0 Å². The lowest BCUT2D eigenvalue weighted by atomic mass is 10.3. The fourth-order valence-electron chi connectivity index (χ4n) is 1.09. The van der Waals surface area contributed by atoms with E-state index < -0.39 is 5.97 Å². The van der Waals surface area contributed by atoms with Crippen molar-refractivity contribution in [1.29, 1.82) is 0 Å². The van der Waals surface area contributed by atoms with Crippen molar-refractivity contribution in [2.45, 2.75) is 11.4 Å². The molecule has 2 heterocycles. The van der Waals surface area contributed by atoms with E-state index in [4.69, 9.17) is 5.11 Å². The van der Waals surface area contributed by atoms with Crippen LogP contribution in [0.5, 0.6) is 0 Å². The van der Waals surface area contributed by atoms with Gasteiger partial charge in [0.2, 0.25) is 0 Å². The van der Waals surface area contributed by atoms with Gasteiger partial charge in [0, 0.05) is 0 Å². The molecule has 0 aliphatic rings. The maximum atomic E-state index is 10.4. The van der Waals surface area contributed by atoms with Crippen LogP contribution in [0.1, 0.15) is 5.69 Å². The molecule has 0 aliphatic heterocycles. The van der Waals surface area contributed by atoms with Crippen LogP contribution in [0, 0.1) is 0 Å². The van der Waals surface area contributed by atoms with Gasteiger partial charge in [-0.05, 0) is 6.07 Å². The second-order valence-corrected chi connectivity index (χ2v) is 3.11. The summed E-state index contributed by atoms with van der Waals surface area (Å²) in [5.41, 5.74) is 0.419. The number of rotatable bonds is 2. The van der Waals surface area contributed by atoms with Crippen molar-refractivity contribution in [3.8, 4) is 0 Å². The highest BCUT2D eigenvalue weighted by molar-refractivity contribution is 7.80. The zero-order valence-corrected chi connectivity index (χ0v) is 7.85. The van der Waals surface area contributed by atoms with E-state index in [0.29, 0.717) is 16.5 Å². The Hall–Kier alpha value is -1.63. The number of hydrogen-bond acceptors (Lipinski definition) is 5. The van der Waals surface area contributed by atoms with Crippen molar-refractivity contribution in [3.63, 3.8) is 0 Å². The van der Waals surface area contributed by atoms with Gasteiger partial charge in [-0.1, -0.05) is 0 Å². The molecule has 2 aromatic heterocycles. The summed E-state index contributed by atoms with van der Waals surface area (Å²) in [4.78, 5) is 18.3. The summed E-state index contributed by atoms with van der Waals surface area (Å²) in [5, 5.41) is 12.9. The minimum Gasteiger partial charge on any atom is -0.481 e. The summed E-state index contributed by atoms with van der Waals surface area (Å²) in [6.45, 7) is 0. The Bertz CT molecular complexity index is 495. The van der Waals surface area contributed by atoms with Crippen LogP contribution in [-0.2, 0) is 11.2 Å². The van der Waals surface area contributed by atoms with Crippen LogP contribution in [-0.4, -0.2) is 30.7 Å². The summed E-state index contributed by atoms with van der Waals surface area (Å²) in [6.07, 6.45) is 1.20. The van der Waals surface area contributed by atoms with Crippen LogP contribution in [0.3, 0.4) is 0 Å². The number of carboxylic acid groups (broad SMARTS) is 1. The van der Waals surface area contributed by atoms with E-state index in [1.165, 1.54) is 10.8 Å². The van der Waals surface area contributed by atoms with Crippen molar-refractivity contribution in [2.75, 3.05) is 0 Å².